The summed E-state index contributed by atoms with van der Waals surface area (Å²) in [5.41, 5.74) is 0. The van der Waals surface area contributed by atoms with Crippen molar-refractivity contribution < 1.29 is 9.90 Å². The third-order valence-corrected chi connectivity index (χ3v) is 3.27. The number of aliphatic carboxylic acids is 1. The fraction of sp³-hybridized carbons (Fsp3) is 0.909. The standard InChI is InChI=1S/C11H22N2O2/c1-3-13-6-4-5-10(8-13)9(2)12-7-11(14)15/h9-10,12H,3-8H2,1-2H3,(H,14,15). The molecule has 0 radical (unpaired) electrons. The Balaban J connectivity index is 2.31. The summed E-state index contributed by atoms with van der Waals surface area (Å²) < 4.78 is 0. The van der Waals surface area contributed by atoms with Crippen molar-refractivity contribution in [3.05, 3.63) is 0 Å². The Morgan fingerprint density at radius 2 is 2.40 bits per heavy atom. The second-order valence-electron chi connectivity index (χ2n) is 4.36. The van der Waals surface area contributed by atoms with Crippen LogP contribution in [0.5, 0.6) is 0 Å². The Bertz CT molecular complexity index is 209. The van der Waals surface area contributed by atoms with Crippen molar-refractivity contribution in [3.63, 3.8) is 0 Å². The molecule has 0 aromatic rings. The van der Waals surface area contributed by atoms with Crippen molar-refractivity contribution in [3.8, 4) is 0 Å². The first-order valence-electron chi connectivity index (χ1n) is 5.81. The summed E-state index contributed by atoms with van der Waals surface area (Å²) in [6.45, 7) is 7.74. The topological polar surface area (TPSA) is 52.6 Å². The summed E-state index contributed by atoms with van der Waals surface area (Å²) in [7, 11) is 0. The molecule has 1 aliphatic rings. The molecule has 1 saturated heterocycles. The molecular formula is C11H22N2O2. The van der Waals surface area contributed by atoms with Gasteiger partial charge in [-0.15, -0.1) is 0 Å². The number of hydrogen-bond donors (Lipinski definition) is 2. The van der Waals surface area contributed by atoms with Crippen molar-refractivity contribution in [1.82, 2.24) is 10.2 Å². The van der Waals surface area contributed by atoms with Gasteiger partial charge in [0.2, 0.25) is 0 Å². The third-order valence-electron chi connectivity index (χ3n) is 3.27. The molecule has 4 nitrogen and oxygen atoms in total. The summed E-state index contributed by atoms with van der Waals surface area (Å²) in [6, 6.07) is 0.301. The molecule has 1 rings (SSSR count). The molecule has 0 aliphatic carbocycles. The maximum atomic E-state index is 10.4. The van der Waals surface area contributed by atoms with Crippen molar-refractivity contribution in [2.75, 3.05) is 26.2 Å². The quantitative estimate of drug-likeness (QED) is 0.710. The molecule has 0 aromatic heterocycles. The van der Waals surface area contributed by atoms with Crippen LogP contribution in [-0.4, -0.2) is 48.2 Å². The SMILES string of the molecule is CCN1CCCC(C(C)NCC(=O)O)C1. The van der Waals surface area contributed by atoms with Gasteiger partial charge in [0.1, 0.15) is 0 Å². The lowest BCUT2D eigenvalue weighted by Gasteiger charge is -2.35. The van der Waals surface area contributed by atoms with E-state index in [4.69, 9.17) is 5.11 Å². The highest BCUT2D eigenvalue weighted by molar-refractivity contribution is 5.69. The second kappa shape index (κ2) is 6.08. The van der Waals surface area contributed by atoms with E-state index in [1.165, 1.54) is 19.4 Å². The molecule has 0 bridgehead atoms. The Labute approximate surface area is 91.6 Å². The number of carboxylic acid groups (broad SMARTS) is 1. The van der Waals surface area contributed by atoms with Gasteiger partial charge in [-0.25, -0.2) is 0 Å². The lowest BCUT2D eigenvalue weighted by Crippen LogP contribution is -2.45. The van der Waals surface area contributed by atoms with E-state index in [9.17, 15) is 4.79 Å². The number of nitrogens with zero attached hydrogens (tertiary/aromatic N) is 1. The molecular weight excluding hydrogens is 192 g/mol. The molecule has 4 heteroatoms. The van der Waals surface area contributed by atoms with Gasteiger partial charge in [-0.2, -0.15) is 0 Å². The van der Waals surface area contributed by atoms with Crippen LogP contribution in [0.1, 0.15) is 26.7 Å². The van der Waals surface area contributed by atoms with E-state index in [2.05, 4.69) is 24.1 Å². The maximum Gasteiger partial charge on any atom is 0.317 e. The summed E-state index contributed by atoms with van der Waals surface area (Å²) in [5, 5.41) is 11.7. The van der Waals surface area contributed by atoms with Crippen LogP contribution < -0.4 is 5.32 Å². The Morgan fingerprint density at radius 3 is 3.00 bits per heavy atom. The molecule has 0 saturated carbocycles. The fourth-order valence-corrected chi connectivity index (χ4v) is 2.20. The van der Waals surface area contributed by atoms with Crippen molar-refractivity contribution in [1.29, 1.82) is 0 Å². The largest absolute Gasteiger partial charge is 0.480 e. The normalized spacial score (nSPS) is 25.1. The van der Waals surface area contributed by atoms with E-state index < -0.39 is 5.97 Å². The first-order chi connectivity index (χ1) is 7.13. The van der Waals surface area contributed by atoms with Crippen molar-refractivity contribution >= 4 is 5.97 Å². The first-order valence-corrected chi connectivity index (χ1v) is 5.81. The van der Waals surface area contributed by atoms with Crippen molar-refractivity contribution in [2.45, 2.75) is 32.7 Å². The fourth-order valence-electron chi connectivity index (χ4n) is 2.20. The summed E-state index contributed by atoms with van der Waals surface area (Å²) in [5.74, 6) is -0.178. The number of carboxylic acids is 1. The Kier molecular flexibility index (Phi) is 5.05. The van der Waals surface area contributed by atoms with Crippen molar-refractivity contribution in [2.24, 2.45) is 5.92 Å². The van der Waals surface area contributed by atoms with Crippen LogP contribution in [-0.2, 0) is 4.79 Å². The van der Waals surface area contributed by atoms with Gasteiger partial charge in [0.25, 0.3) is 0 Å². The molecule has 0 aromatic carbocycles. The summed E-state index contributed by atoms with van der Waals surface area (Å²) in [4.78, 5) is 12.9. The zero-order valence-corrected chi connectivity index (χ0v) is 9.70. The smallest absolute Gasteiger partial charge is 0.317 e. The molecule has 2 unspecified atom stereocenters. The zero-order chi connectivity index (χ0) is 11.3. The number of nitrogens with one attached hydrogen (secondary N) is 1. The van der Waals surface area contributed by atoms with Crippen LogP contribution in [0.15, 0.2) is 0 Å². The number of likely N-dealkylation sites (tertiary alicyclic amines) is 1. The maximum absolute atomic E-state index is 10.4. The first kappa shape index (κ1) is 12.5. The van der Waals surface area contributed by atoms with E-state index in [0.717, 1.165) is 13.1 Å². The van der Waals surface area contributed by atoms with Crippen LogP contribution in [0.25, 0.3) is 0 Å². The molecule has 1 fully saturated rings. The number of piperidine rings is 1. The highest BCUT2D eigenvalue weighted by atomic mass is 16.4. The Hall–Kier alpha value is -0.610. The summed E-state index contributed by atoms with van der Waals surface area (Å²) in [6.07, 6.45) is 2.45. The minimum atomic E-state index is -0.773. The Morgan fingerprint density at radius 1 is 1.67 bits per heavy atom. The van der Waals surface area contributed by atoms with Gasteiger partial charge in [-0.1, -0.05) is 6.92 Å². The minimum Gasteiger partial charge on any atom is -0.480 e. The molecule has 88 valence electrons. The number of carbonyl (C=O) groups is 1. The predicted octanol–water partition coefficient (Wildman–Crippen LogP) is 0.781. The van der Waals surface area contributed by atoms with Gasteiger partial charge >= 0.3 is 5.97 Å². The van der Waals surface area contributed by atoms with Gasteiger partial charge in [0.15, 0.2) is 0 Å². The monoisotopic (exact) mass is 214 g/mol. The predicted molar refractivity (Wildman–Crippen MR) is 59.9 cm³/mol. The lowest BCUT2D eigenvalue weighted by atomic mass is 9.91. The van der Waals surface area contributed by atoms with Gasteiger partial charge in [-0.3, -0.25) is 4.79 Å². The van der Waals surface area contributed by atoms with Gasteiger partial charge in [0, 0.05) is 12.6 Å². The van der Waals surface area contributed by atoms with Crippen LogP contribution >= 0.6 is 0 Å². The van der Waals surface area contributed by atoms with E-state index in [-0.39, 0.29) is 6.54 Å². The molecule has 1 aliphatic heterocycles. The molecule has 2 atom stereocenters. The third kappa shape index (κ3) is 4.18. The van der Waals surface area contributed by atoms with E-state index in [1.807, 2.05) is 0 Å². The highest BCUT2D eigenvalue weighted by Crippen LogP contribution is 2.19. The van der Waals surface area contributed by atoms with Crippen LogP contribution in [0.3, 0.4) is 0 Å². The van der Waals surface area contributed by atoms with E-state index in [1.54, 1.807) is 0 Å². The molecule has 0 amide bonds. The average Bonchev–Trinajstić information content (AvgIpc) is 2.26. The zero-order valence-electron chi connectivity index (χ0n) is 9.70. The number of rotatable bonds is 5. The van der Waals surface area contributed by atoms with E-state index >= 15 is 0 Å². The van der Waals surface area contributed by atoms with Gasteiger partial charge < -0.3 is 15.3 Å². The van der Waals surface area contributed by atoms with E-state index in [0.29, 0.717) is 12.0 Å². The average molecular weight is 214 g/mol. The minimum absolute atomic E-state index is 0.0732. The summed E-state index contributed by atoms with van der Waals surface area (Å²) >= 11 is 0. The van der Waals surface area contributed by atoms with Gasteiger partial charge in [-0.05, 0) is 38.8 Å². The number of hydrogen-bond acceptors (Lipinski definition) is 3. The van der Waals surface area contributed by atoms with Gasteiger partial charge in [0.05, 0.1) is 6.54 Å². The van der Waals surface area contributed by atoms with Crippen LogP contribution in [0, 0.1) is 5.92 Å². The molecule has 0 spiro atoms. The van der Waals surface area contributed by atoms with Crippen LogP contribution in [0.4, 0.5) is 0 Å². The second-order valence-corrected chi connectivity index (χ2v) is 4.36. The van der Waals surface area contributed by atoms with Crippen LogP contribution in [0.2, 0.25) is 0 Å². The molecule has 15 heavy (non-hydrogen) atoms. The highest BCUT2D eigenvalue weighted by Gasteiger charge is 2.23. The molecule has 1 heterocycles. The lowest BCUT2D eigenvalue weighted by molar-refractivity contribution is -0.136. The molecule has 2 N–H and O–H groups in total.